The number of esters is 1. The number of nitrogens with zero attached hydrogens (tertiary/aromatic N) is 2. The van der Waals surface area contributed by atoms with Crippen LogP contribution in [-0.2, 0) is 4.74 Å². The van der Waals surface area contributed by atoms with Gasteiger partial charge in [0.1, 0.15) is 16.2 Å². The van der Waals surface area contributed by atoms with Crippen LogP contribution in [0.2, 0.25) is 0 Å². The van der Waals surface area contributed by atoms with Gasteiger partial charge in [0.15, 0.2) is 10.6 Å². The van der Waals surface area contributed by atoms with Gasteiger partial charge in [0.25, 0.3) is 5.91 Å². The zero-order valence-corrected chi connectivity index (χ0v) is 17.8. The van der Waals surface area contributed by atoms with Gasteiger partial charge in [-0.2, -0.15) is 0 Å². The second-order valence-electron chi connectivity index (χ2n) is 7.25. The molecular formula is C23H16N2O6S. The number of benzene rings is 2. The van der Waals surface area contributed by atoms with Crippen molar-refractivity contribution in [1.82, 2.24) is 4.98 Å². The molecule has 32 heavy (non-hydrogen) atoms. The second-order valence-corrected chi connectivity index (χ2v) is 8.22. The smallest absolute Gasteiger partial charge is 0.350 e. The Kier molecular flexibility index (Phi) is 4.56. The monoisotopic (exact) mass is 448 g/mol. The predicted molar refractivity (Wildman–Crippen MR) is 117 cm³/mol. The molecule has 2 aromatic carbocycles. The average molecular weight is 448 g/mol. The SMILES string of the molecule is COC(=O)c1sc(N2C(=O)c3oc4ccccc4c(=O)c3[C@@H]2c2cccc(O)c2)nc1C. The molecule has 1 aliphatic heterocycles. The third-order valence-electron chi connectivity index (χ3n) is 5.33. The minimum absolute atomic E-state index is 0.0147. The van der Waals surface area contributed by atoms with Crippen LogP contribution in [0.4, 0.5) is 5.13 Å². The van der Waals surface area contributed by atoms with Gasteiger partial charge in [-0.1, -0.05) is 35.6 Å². The van der Waals surface area contributed by atoms with Crippen LogP contribution >= 0.6 is 11.3 Å². The number of phenols is 1. The van der Waals surface area contributed by atoms with Crippen molar-refractivity contribution in [2.45, 2.75) is 13.0 Å². The standard InChI is InChI=1S/C23H16N2O6S/c1-11-20(22(29)30-2)32-23(24-11)25-17(12-6-5-7-13(26)10-12)16-18(27)14-8-3-4-9-15(14)31-19(16)21(25)28/h3-10,17,26H,1-2H3/t17-/m0/s1. The van der Waals surface area contributed by atoms with E-state index in [9.17, 15) is 19.5 Å². The van der Waals surface area contributed by atoms with Crippen LogP contribution in [0.15, 0.2) is 57.7 Å². The molecule has 0 radical (unpaired) electrons. The normalized spacial score (nSPS) is 15.2. The summed E-state index contributed by atoms with van der Waals surface area (Å²) in [5.74, 6) is -1.22. The molecule has 5 rings (SSSR count). The minimum Gasteiger partial charge on any atom is -0.508 e. The summed E-state index contributed by atoms with van der Waals surface area (Å²) in [6.07, 6.45) is 0. The second kappa shape index (κ2) is 7.31. The summed E-state index contributed by atoms with van der Waals surface area (Å²) in [5, 5.41) is 10.6. The number of amides is 1. The van der Waals surface area contributed by atoms with Crippen LogP contribution in [0.3, 0.4) is 0 Å². The van der Waals surface area contributed by atoms with Gasteiger partial charge in [0.2, 0.25) is 5.76 Å². The van der Waals surface area contributed by atoms with E-state index in [4.69, 9.17) is 9.15 Å². The maximum Gasteiger partial charge on any atom is 0.350 e. The van der Waals surface area contributed by atoms with E-state index in [1.165, 1.54) is 24.1 Å². The van der Waals surface area contributed by atoms with E-state index in [-0.39, 0.29) is 32.5 Å². The van der Waals surface area contributed by atoms with E-state index in [2.05, 4.69) is 4.98 Å². The number of ether oxygens (including phenoxy) is 1. The summed E-state index contributed by atoms with van der Waals surface area (Å²) in [6.45, 7) is 1.64. The number of aryl methyl sites for hydroxylation is 1. The lowest BCUT2D eigenvalue weighted by molar-refractivity contribution is 0.0605. The number of rotatable bonds is 3. The van der Waals surface area contributed by atoms with Crippen molar-refractivity contribution in [1.29, 1.82) is 0 Å². The largest absolute Gasteiger partial charge is 0.508 e. The Morgan fingerprint density at radius 1 is 1.19 bits per heavy atom. The fourth-order valence-electron chi connectivity index (χ4n) is 3.89. The summed E-state index contributed by atoms with van der Waals surface area (Å²) in [5.41, 5.74) is 1.03. The summed E-state index contributed by atoms with van der Waals surface area (Å²) < 4.78 is 10.7. The van der Waals surface area contributed by atoms with Crippen LogP contribution in [0, 0.1) is 6.92 Å². The molecule has 4 aromatic rings. The first-order chi connectivity index (χ1) is 15.4. The van der Waals surface area contributed by atoms with Crippen molar-refractivity contribution in [3.8, 4) is 5.75 Å². The molecule has 0 saturated carbocycles. The third-order valence-corrected chi connectivity index (χ3v) is 6.46. The fraction of sp³-hybridized carbons (Fsp3) is 0.130. The lowest BCUT2D eigenvalue weighted by Crippen LogP contribution is -2.29. The van der Waals surface area contributed by atoms with E-state index in [1.807, 2.05) is 0 Å². The summed E-state index contributed by atoms with van der Waals surface area (Å²) in [6, 6.07) is 12.1. The summed E-state index contributed by atoms with van der Waals surface area (Å²) in [4.78, 5) is 45.1. The molecule has 0 bridgehead atoms. The molecule has 0 saturated heterocycles. The Morgan fingerprint density at radius 3 is 2.72 bits per heavy atom. The molecule has 0 spiro atoms. The highest BCUT2D eigenvalue weighted by atomic mass is 32.1. The molecule has 2 aromatic heterocycles. The van der Waals surface area contributed by atoms with Gasteiger partial charge in [0.05, 0.1) is 29.8 Å². The van der Waals surface area contributed by atoms with Crippen LogP contribution in [0.25, 0.3) is 11.0 Å². The number of aromatic hydroxyl groups is 1. The Bertz CT molecular complexity index is 1470. The number of hydrogen-bond donors (Lipinski definition) is 1. The number of carbonyl (C=O) groups excluding carboxylic acids is 2. The van der Waals surface area contributed by atoms with Gasteiger partial charge in [-0.3, -0.25) is 14.5 Å². The highest BCUT2D eigenvalue weighted by Crippen LogP contribution is 2.43. The highest BCUT2D eigenvalue weighted by Gasteiger charge is 2.45. The number of phenolic OH excluding ortho intramolecular Hbond substituents is 1. The molecule has 160 valence electrons. The average Bonchev–Trinajstić information content (AvgIpc) is 3.31. The van der Waals surface area contributed by atoms with Crippen molar-refractivity contribution < 1.29 is 23.8 Å². The lowest BCUT2D eigenvalue weighted by Gasteiger charge is -2.22. The zero-order chi connectivity index (χ0) is 22.6. The molecule has 1 aliphatic rings. The Morgan fingerprint density at radius 2 is 1.97 bits per heavy atom. The number of anilines is 1. The Hall–Kier alpha value is -3.98. The van der Waals surface area contributed by atoms with Crippen LogP contribution in [0.1, 0.15) is 43.1 Å². The number of carbonyl (C=O) groups is 2. The van der Waals surface area contributed by atoms with Crippen LogP contribution in [0.5, 0.6) is 5.75 Å². The molecule has 1 atom stereocenters. The number of aromatic nitrogens is 1. The van der Waals surface area contributed by atoms with Crippen molar-refractivity contribution in [2.75, 3.05) is 12.0 Å². The van der Waals surface area contributed by atoms with E-state index < -0.39 is 17.9 Å². The van der Waals surface area contributed by atoms with E-state index in [1.54, 1.807) is 43.3 Å². The Balaban J connectivity index is 1.79. The van der Waals surface area contributed by atoms with Crippen molar-refractivity contribution in [2.24, 2.45) is 0 Å². The third kappa shape index (κ3) is 2.89. The molecule has 1 N–H and O–H groups in total. The molecular weight excluding hydrogens is 432 g/mol. The number of fused-ring (bicyclic) bond motifs is 2. The molecule has 3 heterocycles. The summed E-state index contributed by atoms with van der Waals surface area (Å²) >= 11 is 0.990. The topological polar surface area (TPSA) is 110 Å². The van der Waals surface area contributed by atoms with E-state index in [0.717, 1.165) is 11.3 Å². The van der Waals surface area contributed by atoms with Gasteiger partial charge >= 0.3 is 5.97 Å². The number of methoxy groups -OCH3 is 1. The van der Waals surface area contributed by atoms with E-state index in [0.29, 0.717) is 22.2 Å². The van der Waals surface area contributed by atoms with Crippen LogP contribution < -0.4 is 10.3 Å². The first-order valence-corrected chi connectivity index (χ1v) is 10.5. The highest BCUT2D eigenvalue weighted by molar-refractivity contribution is 7.17. The number of hydrogen-bond acceptors (Lipinski definition) is 8. The number of para-hydroxylation sites is 1. The van der Waals surface area contributed by atoms with Gasteiger partial charge in [-0.05, 0) is 36.8 Å². The molecule has 0 unspecified atom stereocenters. The van der Waals surface area contributed by atoms with Crippen molar-refractivity contribution in [3.05, 3.63) is 86.2 Å². The van der Waals surface area contributed by atoms with Gasteiger partial charge in [0, 0.05) is 0 Å². The molecule has 0 fully saturated rings. The van der Waals surface area contributed by atoms with Crippen LogP contribution in [-0.4, -0.2) is 29.1 Å². The molecule has 0 aliphatic carbocycles. The van der Waals surface area contributed by atoms with Crippen molar-refractivity contribution >= 4 is 39.3 Å². The maximum absolute atomic E-state index is 13.5. The fourth-order valence-corrected chi connectivity index (χ4v) is 4.91. The minimum atomic E-state index is -0.887. The lowest BCUT2D eigenvalue weighted by atomic mass is 9.98. The van der Waals surface area contributed by atoms with Gasteiger partial charge in [-0.15, -0.1) is 0 Å². The van der Waals surface area contributed by atoms with E-state index >= 15 is 0 Å². The predicted octanol–water partition coefficient (Wildman–Crippen LogP) is 3.80. The van der Waals surface area contributed by atoms with Crippen molar-refractivity contribution in [3.63, 3.8) is 0 Å². The Labute approximate surface area is 185 Å². The zero-order valence-electron chi connectivity index (χ0n) is 17.0. The van der Waals surface area contributed by atoms with Gasteiger partial charge < -0.3 is 14.3 Å². The molecule has 8 nitrogen and oxygen atoms in total. The first-order valence-electron chi connectivity index (χ1n) is 9.64. The molecule has 1 amide bonds. The summed E-state index contributed by atoms with van der Waals surface area (Å²) in [7, 11) is 1.27. The maximum atomic E-state index is 13.5. The van der Waals surface area contributed by atoms with Gasteiger partial charge in [-0.25, -0.2) is 9.78 Å². The number of thiazole rings is 1. The first kappa shape index (κ1) is 20.0. The quantitative estimate of drug-likeness (QED) is 0.475. The molecule has 9 heteroatoms.